The van der Waals surface area contributed by atoms with Crippen molar-refractivity contribution >= 4 is 28.1 Å². The summed E-state index contributed by atoms with van der Waals surface area (Å²) in [5.74, 6) is 0.512. The summed E-state index contributed by atoms with van der Waals surface area (Å²) in [4.78, 5) is 9.68. The maximum absolute atomic E-state index is 9.48. The van der Waals surface area contributed by atoms with Gasteiger partial charge in [-0.2, -0.15) is 20.7 Å². The number of pyridine rings is 1. The predicted octanol–water partition coefficient (Wildman–Crippen LogP) is 2.88. The molecule has 0 saturated heterocycles. The third-order valence-corrected chi connectivity index (χ3v) is 4.43. The number of fused-ring (bicyclic) bond motifs is 1. The van der Waals surface area contributed by atoms with E-state index in [1.54, 1.807) is 17.9 Å². The summed E-state index contributed by atoms with van der Waals surface area (Å²) in [5.41, 5.74) is 3.76. The molecule has 4 aromatic rings. The number of anilines is 1. The molecule has 0 fully saturated rings. The van der Waals surface area contributed by atoms with E-state index in [4.69, 9.17) is 0 Å². The molecule has 1 unspecified atom stereocenters. The first kappa shape index (κ1) is 14.3. The van der Waals surface area contributed by atoms with Crippen LogP contribution in [0.15, 0.2) is 48.2 Å². The number of aromatic nitrogens is 5. The van der Waals surface area contributed by atoms with Crippen LogP contribution in [0.25, 0.3) is 10.9 Å². The second-order valence-electron chi connectivity index (χ2n) is 5.07. The van der Waals surface area contributed by atoms with Gasteiger partial charge in [-0.25, -0.2) is 4.98 Å². The molecule has 1 atom stereocenters. The van der Waals surface area contributed by atoms with Gasteiger partial charge in [0.05, 0.1) is 27.7 Å². The molecule has 0 amide bonds. The molecule has 0 aliphatic carbocycles. The van der Waals surface area contributed by atoms with Crippen LogP contribution in [-0.4, -0.2) is 25.4 Å². The summed E-state index contributed by atoms with van der Waals surface area (Å²) in [5, 5.41) is 24.4. The molecular weight excluding hydrogens is 322 g/mol. The monoisotopic (exact) mass is 333 g/mol. The lowest BCUT2D eigenvalue weighted by molar-refractivity contribution is 0.856. The van der Waals surface area contributed by atoms with E-state index in [-0.39, 0.29) is 6.04 Å². The number of nitrogens with zero attached hydrogens (tertiary/aromatic N) is 5. The molecule has 3 heterocycles. The van der Waals surface area contributed by atoms with Gasteiger partial charge in [-0.05, 0) is 12.1 Å². The molecular formula is C16H11N7S. The molecule has 0 aliphatic heterocycles. The number of H-pyrrole nitrogens is 1. The highest BCUT2D eigenvalue weighted by Gasteiger charge is 2.20. The summed E-state index contributed by atoms with van der Waals surface area (Å²) in [6.07, 6.45) is 3.41. The van der Waals surface area contributed by atoms with Crippen LogP contribution in [-0.2, 0) is 0 Å². The Kier molecular flexibility index (Phi) is 3.61. The standard InChI is InChI=1S/C16H11N7S/c17-6-11-5-10-3-1-2-4-12(10)20-16(11)21-15(13-7-19-23-22-13)14-8-18-9-24-14/h1-5,7-9,15H,(H,20,21)(H,19,22,23). The van der Waals surface area contributed by atoms with Crippen LogP contribution in [0.3, 0.4) is 0 Å². The minimum Gasteiger partial charge on any atom is -0.356 e. The quantitative estimate of drug-likeness (QED) is 0.595. The Morgan fingerprint density at radius 1 is 1.25 bits per heavy atom. The Hall–Kier alpha value is -3.31. The minimum absolute atomic E-state index is 0.281. The Morgan fingerprint density at radius 3 is 2.92 bits per heavy atom. The van der Waals surface area contributed by atoms with Crippen LogP contribution < -0.4 is 5.32 Å². The average molecular weight is 333 g/mol. The number of nitrogens with one attached hydrogen (secondary N) is 2. The fourth-order valence-electron chi connectivity index (χ4n) is 2.46. The fourth-order valence-corrected chi connectivity index (χ4v) is 3.14. The van der Waals surface area contributed by atoms with Crippen molar-refractivity contribution in [1.82, 2.24) is 25.4 Å². The van der Waals surface area contributed by atoms with Gasteiger partial charge < -0.3 is 5.32 Å². The minimum atomic E-state index is -0.281. The molecule has 3 aromatic heterocycles. The third-order valence-electron chi connectivity index (χ3n) is 3.59. The lowest BCUT2D eigenvalue weighted by atomic mass is 10.1. The van der Waals surface area contributed by atoms with E-state index in [0.29, 0.717) is 17.1 Å². The van der Waals surface area contributed by atoms with E-state index >= 15 is 0 Å². The van der Waals surface area contributed by atoms with Crippen LogP contribution in [0.1, 0.15) is 22.2 Å². The van der Waals surface area contributed by atoms with Gasteiger partial charge in [-0.15, -0.1) is 11.3 Å². The van der Waals surface area contributed by atoms with Crippen molar-refractivity contribution in [2.24, 2.45) is 0 Å². The largest absolute Gasteiger partial charge is 0.356 e. The van der Waals surface area contributed by atoms with Crippen LogP contribution in [0.5, 0.6) is 0 Å². The van der Waals surface area contributed by atoms with Crippen molar-refractivity contribution in [3.8, 4) is 6.07 Å². The van der Waals surface area contributed by atoms with Gasteiger partial charge in [0.25, 0.3) is 0 Å². The first-order valence-electron chi connectivity index (χ1n) is 7.15. The number of benzene rings is 1. The molecule has 116 valence electrons. The number of hydrogen-bond donors (Lipinski definition) is 2. The Labute approximate surface area is 141 Å². The van der Waals surface area contributed by atoms with Gasteiger partial charge in [0.15, 0.2) is 0 Å². The smallest absolute Gasteiger partial charge is 0.145 e. The number of para-hydroxylation sites is 1. The fraction of sp³-hybridized carbons (Fsp3) is 0.0625. The van der Waals surface area contributed by atoms with Crippen LogP contribution in [0.2, 0.25) is 0 Å². The summed E-state index contributed by atoms with van der Waals surface area (Å²) in [7, 11) is 0. The van der Waals surface area contributed by atoms with Gasteiger partial charge >= 0.3 is 0 Å². The number of aromatic amines is 1. The molecule has 4 rings (SSSR count). The molecule has 0 aliphatic rings. The summed E-state index contributed by atoms with van der Waals surface area (Å²) in [6, 6.07) is 11.4. The van der Waals surface area contributed by atoms with Crippen molar-refractivity contribution in [2.75, 3.05) is 5.32 Å². The molecule has 8 heteroatoms. The molecule has 1 aromatic carbocycles. The Balaban J connectivity index is 1.80. The molecule has 0 saturated carbocycles. The molecule has 7 nitrogen and oxygen atoms in total. The zero-order valence-corrected chi connectivity index (χ0v) is 13.2. The van der Waals surface area contributed by atoms with Crippen molar-refractivity contribution in [3.63, 3.8) is 0 Å². The maximum atomic E-state index is 9.48. The lowest BCUT2D eigenvalue weighted by Gasteiger charge is -2.16. The Morgan fingerprint density at radius 2 is 2.17 bits per heavy atom. The van der Waals surface area contributed by atoms with Crippen LogP contribution in [0.4, 0.5) is 5.82 Å². The van der Waals surface area contributed by atoms with Crippen LogP contribution >= 0.6 is 11.3 Å². The predicted molar refractivity (Wildman–Crippen MR) is 90.4 cm³/mol. The van der Waals surface area contributed by atoms with Gasteiger partial charge in [0.1, 0.15) is 23.6 Å². The summed E-state index contributed by atoms with van der Waals surface area (Å²) < 4.78 is 0. The van der Waals surface area contributed by atoms with E-state index in [2.05, 4.69) is 36.8 Å². The summed E-state index contributed by atoms with van der Waals surface area (Å²) in [6.45, 7) is 0. The summed E-state index contributed by atoms with van der Waals surface area (Å²) >= 11 is 1.50. The topological polar surface area (TPSA) is 103 Å². The number of nitriles is 1. The van der Waals surface area contributed by atoms with Gasteiger partial charge in [-0.3, -0.25) is 4.98 Å². The van der Waals surface area contributed by atoms with Gasteiger partial charge in [-0.1, -0.05) is 18.2 Å². The van der Waals surface area contributed by atoms with E-state index in [1.807, 2.05) is 30.3 Å². The number of hydrogen-bond acceptors (Lipinski definition) is 7. The zero-order valence-electron chi connectivity index (χ0n) is 12.3. The zero-order chi connectivity index (χ0) is 16.4. The first-order chi connectivity index (χ1) is 11.8. The normalized spacial score (nSPS) is 12.0. The van der Waals surface area contributed by atoms with E-state index in [9.17, 15) is 5.26 Å². The van der Waals surface area contributed by atoms with Crippen molar-refractivity contribution in [1.29, 1.82) is 5.26 Å². The molecule has 0 radical (unpaired) electrons. The third kappa shape index (κ3) is 2.57. The molecule has 0 spiro atoms. The van der Waals surface area contributed by atoms with E-state index in [1.165, 1.54) is 11.3 Å². The second-order valence-corrected chi connectivity index (χ2v) is 5.98. The molecule has 24 heavy (non-hydrogen) atoms. The number of thiazole rings is 1. The highest BCUT2D eigenvalue weighted by molar-refractivity contribution is 7.09. The van der Waals surface area contributed by atoms with Gasteiger partial charge in [0, 0.05) is 11.6 Å². The lowest BCUT2D eigenvalue weighted by Crippen LogP contribution is -2.14. The van der Waals surface area contributed by atoms with Crippen LogP contribution in [0, 0.1) is 11.3 Å². The van der Waals surface area contributed by atoms with Crippen molar-refractivity contribution in [2.45, 2.75) is 6.04 Å². The van der Waals surface area contributed by atoms with Gasteiger partial charge in [0.2, 0.25) is 0 Å². The average Bonchev–Trinajstić information content (AvgIpc) is 3.32. The highest BCUT2D eigenvalue weighted by Crippen LogP contribution is 2.29. The Bertz CT molecular complexity index is 969. The first-order valence-corrected chi connectivity index (χ1v) is 8.03. The molecule has 2 N–H and O–H groups in total. The maximum Gasteiger partial charge on any atom is 0.145 e. The second kappa shape index (κ2) is 6.06. The van der Waals surface area contributed by atoms with Crippen molar-refractivity contribution in [3.05, 3.63) is 64.4 Å². The van der Waals surface area contributed by atoms with Crippen molar-refractivity contribution < 1.29 is 0 Å². The number of rotatable bonds is 4. The highest BCUT2D eigenvalue weighted by atomic mass is 32.1. The molecule has 0 bridgehead atoms. The van der Waals surface area contributed by atoms with E-state index < -0.39 is 0 Å². The van der Waals surface area contributed by atoms with E-state index in [0.717, 1.165) is 15.8 Å². The SMILES string of the molecule is N#Cc1cc2ccccc2nc1NC(c1cn[nH]n1)c1cncs1.